The number of likely N-dealkylation sites (N-methyl/N-ethyl adjacent to an activating group) is 1. The zero-order chi connectivity index (χ0) is 11.5. The molecule has 88 valence electrons. The monoisotopic (exact) mass is 238 g/mol. The fraction of sp³-hybridized carbons (Fsp3) is 0.538. The van der Waals surface area contributed by atoms with Gasteiger partial charge in [0.05, 0.1) is 0 Å². The lowest BCUT2D eigenvalue weighted by Crippen LogP contribution is -2.42. The van der Waals surface area contributed by atoms with Gasteiger partial charge in [0.1, 0.15) is 0 Å². The van der Waals surface area contributed by atoms with Crippen molar-refractivity contribution in [3.05, 3.63) is 34.9 Å². The quantitative estimate of drug-likeness (QED) is 0.874. The van der Waals surface area contributed by atoms with Crippen LogP contribution in [0.1, 0.15) is 30.9 Å². The molecule has 0 spiro atoms. The predicted octanol–water partition coefficient (Wildman–Crippen LogP) is 2.82. The Hall–Kier alpha value is -0.570. The number of nitrogens with zero attached hydrogens (tertiary/aromatic N) is 1. The van der Waals surface area contributed by atoms with E-state index in [1.54, 1.807) is 0 Å². The summed E-state index contributed by atoms with van der Waals surface area (Å²) >= 11 is 5.90. The van der Waals surface area contributed by atoms with Gasteiger partial charge in [-0.15, -0.1) is 0 Å². The highest BCUT2D eigenvalue weighted by Gasteiger charge is 2.27. The van der Waals surface area contributed by atoms with Crippen LogP contribution < -0.4 is 5.73 Å². The van der Waals surface area contributed by atoms with Gasteiger partial charge in [0.2, 0.25) is 0 Å². The molecule has 2 rings (SSSR count). The first-order valence-corrected chi connectivity index (χ1v) is 6.27. The third-order valence-corrected chi connectivity index (χ3v) is 3.87. The molecule has 1 saturated carbocycles. The van der Waals surface area contributed by atoms with Crippen LogP contribution in [0.4, 0.5) is 0 Å². The molecule has 0 aliphatic heterocycles. The fourth-order valence-corrected chi connectivity index (χ4v) is 2.40. The van der Waals surface area contributed by atoms with E-state index in [1.165, 1.54) is 24.8 Å². The molecular formula is C13H19ClN2. The first-order valence-electron chi connectivity index (χ1n) is 5.90. The number of rotatable bonds is 4. The molecule has 2 nitrogen and oxygen atoms in total. The number of hydrogen-bond acceptors (Lipinski definition) is 2. The minimum Gasteiger partial charge on any atom is -0.329 e. The Kier molecular flexibility index (Phi) is 3.85. The molecule has 1 unspecified atom stereocenters. The summed E-state index contributed by atoms with van der Waals surface area (Å²) < 4.78 is 0. The number of halogens is 1. The van der Waals surface area contributed by atoms with Gasteiger partial charge in [0.25, 0.3) is 0 Å². The van der Waals surface area contributed by atoms with Gasteiger partial charge in [0.15, 0.2) is 0 Å². The molecule has 0 amide bonds. The Bertz CT molecular complexity index is 332. The van der Waals surface area contributed by atoms with Crippen molar-refractivity contribution in [3.63, 3.8) is 0 Å². The summed E-state index contributed by atoms with van der Waals surface area (Å²) in [7, 11) is 2.18. The maximum absolute atomic E-state index is 5.90. The molecule has 0 aromatic heterocycles. The van der Waals surface area contributed by atoms with E-state index in [0.29, 0.717) is 18.6 Å². The van der Waals surface area contributed by atoms with Gasteiger partial charge in [0, 0.05) is 23.7 Å². The van der Waals surface area contributed by atoms with Crippen LogP contribution in [0.15, 0.2) is 24.3 Å². The molecule has 1 aromatic rings. The summed E-state index contributed by atoms with van der Waals surface area (Å²) in [5.41, 5.74) is 7.15. The number of benzene rings is 1. The summed E-state index contributed by atoms with van der Waals surface area (Å²) in [5.74, 6) is 0. The highest BCUT2D eigenvalue weighted by atomic mass is 35.5. The van der Waals surface area contributed by atoms with Gasteiger partial charge in [-0.25, -0.2) is 0 Å². The minimum absolute atomic E-state index is 0.322. The topological polar surface area (TPSA) is 29.3 Å². The molecule has 1 fully saturated rings. The zero-order valence-corrected chi connectivity index (χ0v) is 10.5. The first kappa shape index (κ1) is 11.9. The lowest BCUT2D eigenvalue weighted by Gasteiger charge is -2.39. The maximum atomic E-state index is 5.90. The van der Waals surface area contributed by atoms with E-state index in [0.717, 1.165) is 5.02 Å². The van der Waals surface area contributed by atoms with Crippen LogP contribution in [-0.2, 0) is 0 Å². The molecule has 2 N–H and O–H groups in total. The largest absolute Gasteiger partial charge is 0.329 e. The standard InChI is InChI=1S/C13H19ClN2/c1-16(12-3-2-4-12)13(9-15)10-5-7-11(14)8-6-10/h5-8,12-13H,2-4,9,15H2,1H3. The van der Waals surface area contributed by atoms with Crippen molar-refractivity contribution in [1.29, 1.82) is 0 Å². The lowest BCUT2D eigenvalue weighted by molar-refractivity contribution is 0.113. The van der Waals surface area contributed by atoms with Crippen LogP contribution in [0, 0.1) is 0 Å². The van der Waals surface area contributed by atoms with E-state index in [4.69, 9.17) is 17.3 Å². The van der Waals surface area contributed by atoms with Crippen molar-refractivity contribution in [2.75, 3.05) is 13.6 Å². The lowest BCUT2D eigenvalue weighted by atomic mass is 9.89. The number of hydrogen-bond donors (Lipinski definition) is 1. The average Bonchev–Trinajstić information content (AvgIpc) is 2.19. The summed E-state index contributed by atoms with van der Waals surface area (Å²) in [6, 6.07) is 9.07. The van der Waals surface area contributed by atoms with Crippen LogP contribution in [0.5, 0.6) is 0 Å². The molecule has 0 radical (unpaired) electrons. The third kappa shape index (κ3) is 2.40. The third-order valence-electron chi connectivity index (χ3n) is 3.62. The van der Waals surface area contributed by atoms with E-state index < -0.39 is 0 Å². The van der Waals surface area contributed by atoms with Gasteiger partial charge in [-0.2, -0.15) is 0 Å². The van der Waals surface area contributed by atoms with Crippen molar-refractivity contribution in [2.24, 2.45) is 5.73 Å². The van der Waals surface area contributed by atoms with Gasteiger partial charge in [-0.3, -0.25) is 4.90 Å². The fourth-order valence-electron chi connectivity index (χ4n) is 2.27. The molecule has 1 aromatic carbocycles. The molecule has 0 saturated heterocycles. The predicted molar refractivity (Wildman–Crippen MR) is 68.6 cm³/mol. The molecule has 3 heteroatoms. The molecule has 1 aliphatic rings. The van der Waals surface area contributed by atoms with E-state index in [2.05, 4.69) is 24.1 Å². The van der Waals surface area contributed by atoms with Crippen molar-refractivity contribution in [1.82, 2.24) is 4.90 Å². The van der Waals surface area contributed by atoms with Crippen LogP contribution >= 0.6 is 11.6 Å². The molecule has 0 bridgehead atoms. The normalized spacial score (nSPS) is 18.5. The average molecular weight is 239 g/mol. The maximum Gasteiger partial charge on any atom is 0.0470 e. The highest BCUT2D eigenvalue weighted by Crippen LogP contribution is 2.30. The second-order valence-electron chi connectivity index (χ2n) is 4.55. The van der Waals surface area contributed by atoms with Crippen LogP contribution in [-0.4, -0.2) is 24.5 Å². The highest BCUT2D eigenvalue weighted by molar-refractivity contribution is 6.30. The molecule has 16 heavy (non-hydrogen) atoms. The van der Waals surface area contributed by atoms with E-state index >= 15 is 0 Å². The van der Waals surface area contributed by atoms with Crippen LogP contribution in [0.3, 0.4) is 0 Å². The Morgan fingerprint density at radius 3 is 2.44 bits per heavy atom. The minimum atomic E-state index is 0.322. The van der Waals surface area contributed by atoms with Gasteiger partial charge in [-0.05, 0) is 37.6 Å². The van der Waals surface area contributed by atoms with Gasteiger partial charge < -0.3 is 5.73 Å². The van der Waals surface area contributed by atoms with Crippen molar-refractivity contribution in [2.45, 2.75) is 31.3 Å². The summed E-state index contributed by atoms with van der Waals surface area (Å²) in [6.07, 6.45) is 3.97. The summed E-state index contributed by atoms with van der Waals surface area (Å²) in [5, 5.41) is 0.783. The summed E-state index contributed by atoms with van der Waals surface area (Å²) in [4.78, 5) is 2.41. The van der Waals surface area contributed by atoms with E-state index in [1.807, 2.05) is 12.1 Å². The van der Waals surface area contributed by atoms with Crippen molar-refractivity contribution in [3.8, 4) is 0 Å². The van der Waals surface area contributed by atoms with Crippen LogP contribution in [0.25, 0.3) is 0 Å². The zero-order valence-electron chi connectivity index (χ0n) is 9.70. The Morgan fingerprint density at radius 1 is 1.38 bits per heavy atom. The molecule has 1 aliphatic carbocycles. The van der Waals surface area contributed by atoms with E-state index in [-0.39, 0.29) is 0 Å². The van der Waals surface area contributed by atoms with Crippen LogP contribution in [0.2, 0.25) is 5.02 Å². The molecular weight excluding hydrogens is 220 g/mol. The Labute approximate surface area is 102 Å². The SMILES string of the molecule is CN(C1CCC1)C(CN)c1ccc(Cl)cc1. The first-order chi connectivity index (χ1) is 7.72. The second kappa shape index (κ2) is 5.17. The summed E-state index contributed by atoms with van der Waals surface area (Å²) in [6.45, 7) is 0.661. The van der Waals surface area contributed by atoms with Crippen molar-refractivity contribution < 1.29 is 0 Å². The Morgan fingerprint density at radius 2 is 2.00 bits per heavy atom. The molecule has 1 atom stereocenters. The Balaban J connectivity index is 2.11. The smallest absolute Gasteiger partial charge is 0.0470 e. The van der Waals surface area contributed by atoms with E-state index in [9.17, 15) is 0 Å². The molecule has 0 heterocycles. The van der Waals surface area contributed by atoms with Gasteiger partial charge in [-0.1, -0.05) is 30.2 Å². The number of nitrogens with two attached hydrogens (primary N) is 1. The second-order valence-corrected chi connectivity index (χ2v) is 4.99. The van der Waals surface area contributed by atoms with Gasteiger partial charge >= 0.3 is 0 Å². The van der Waals surface area contributed by atoms with Crippen molar-refractivity contribution >= 4 is 11.6 Å².